The van der Waals surface area contributed by atoms with Gasteiger partial charge in [0.2, 0.25) is 0 Å². The molecule has 0 aliphatic rings. The van der Waals surface area contributed by atoms with E-state index in [9.17, 15) is 0 Å². The lowest BCUT2D eigenvalue weighted by molar-refractivity contribution is 0.656. The van der Waals surface area contributed by atoms with Crippen LogP contribution in [0.5, 0.6) is 0 Å². The topological polar surface area (TPSA) is 0 Å². The summed E-state index contributed by atoms with van der Waals surface area (Å²) in [5.74, 6) is 0. The van der Waals surface area contributed by atoms with Crippen LogP contribution >= 0.6 is 0 Å². The molecule has 0 amide bonds. The molecule has 28 heavy (non-hydrogen) atoms. The van der Waals surface area contributed by atoms with E-state index in [2.05, 4.69) is 87.5 Å². The Bertz CT molecular complexity index is 955. The van der Waals surface area contributed by atoms with E-state index in [1.807, 2.05) is 13.8 Å². The summed E-state index contributed by atoms with van der Waals surface area (Å²) < 4.78 is 0. The zero-order chi connectivity index (χ0) is 20.4. The van der Waals surface area contributed by atoms with Gasteiger partial charge >= 0.3 is 0 Å². The molecule has 0 bridgehead atoms. The average molecular weight is 373 g/mol. The van der Waals surface area contributed by atoms with Crippen molar-refractivity contribution >= 4 is 32.3 Å². The van der Waals surface area contributed by atoms with Crippen molar-refractivity contribution in [1.82, 2.24) is 0 Å². The highest BCUT2D eigenvalue weighted by atomic mass is 14.1. The first-order valence-electron chi connectivity index (χ1n) is 11.1. The van der Waals surface area contributed by atoms with E-state index >= 15 is 0 Å². The van der Waals surface area contributed by atoms with Gasteiger partial charge in [-0.15, -0.1) is 0 Å². The third-order valence-corrected chi connectivity index (χ3v) is 5.11. The Morgan fingerprint density at radius 2 is 0.893 bits per heavy atom. The Kier molecular flexibility index (Phi) is 9.01. The number of unbranched alkanes of at least 4 members (excludes halogenated alkanes) is 4. The quantitative estimate of drug-likeness (QED) is 0.247. The maximum absolute atomic E-state index is 2.30. The minimum atomic E-state index is 1.31. The van der Waals surface area contributed by atoms with Gasteiger partial charge in [0.15, 0.2) is 0 Å². The summed E-state index contributed by atoms with van der Waals surface area (Å²) in [6, 6.07) is 24.1. The summed E-state index contributed by atoms with van der Waals surface area (Å²) >= 11 is 0. The number of fused-ring (bicyclic) bond motifs is 6. The van der Waals surface area contributed by atoms with Crippen LogP contribution in [0, 0.1) is 6.92 Å². The number of rotatable bonds is 4. The lowest BCUT2D eigenvalue weighted by Gasteiger charge is -2.10. The zero-order valence-electron chi connectivity index (χ0n) is 18.4. The van der Waals surface area contributed by atoms with Gasteiger partial charge in [-0.2, -0.15) is 0 Å². The summed E-state index contributed by atoms with van der Waals surface area (Å²) in [7, 11) is 0. The number of benzene rings is 4. The molecule has 0 nitrogen and oxygen atoms in total. The van der Waals surface area contributed by atoms with Crippen LogP contribution in [0.3, 0.4) is 0 Å². The highest BCUT2D eigenvalue weighted by Gasteiger charge is 2.07. The van der Waals surface area contributed by atoms with Crippen molar-refractivity contribution in [3.63, 3.8) is 0 Å². The average Bonchev–Trinajstić information content (AvgIpc) is 2.76. The van der Waals surface area contributed by atoms with Crippen molar-refractivity contribution in [1.29, 1.82) is 0 Å². The lowest BCUT2D eigenvalue weighted by Crippen LogP contribution is -1.83. The second kappa shape index (κ2) is 11.5. The minimum absolute atomic E-state index is 1.31. The van der Waals surface area contributed by atoms with Crippen LogP contribution in [-0.4, -0.2) is 0 Å². The van der Waals surface area contributed by atoms with Crippen molar-refractivity contribution in [3.8, 4) is 0 Å². The number of hydrogen-bond donors (Lipinski definition) is 0. The first-order chi connectivity index (χ1) is 13.8. The molecule has 0 unspecified atom stereocenters. The van der Waals surface area contributed by atoms with Gasteiger partial charge in [-0.1, -0.05) is 132 Å². The molecule has 0 fully saturated rings. The Morgan fingerprint density at radius 3 is 1.32 bits per heavy atom. The standard InChI is InChI=1S/C19H14.C7H16.C2H6/c1-13-10-11-18-16-8-3-2-6-14(16)15-7-4-5-9-17(15)19(18)12-13;1-3-5-7-6-4-2;1-2/h2-12H,1H3;3-7H2,1-2H3;1-2H3. The van der Waals surface area contributed by atoms with Gasteiger partial charge in [0, 0.05) is 0 Å². The second-order valence-corrected chi connectivity index (χ2v) is 7.20. The fraction of sp³-hybridized carbons (Fsp3) is 0.357. The van der Waals surface area contributed by atoms with Crippen LogP contribution in [0.2, 0.25) is 0 Å². The van der Waals surface area contributed by atoms with Gasteiger partial charge in [-0.25, -0.2) is 0 Å². The molecular weight excluding hydrogens is 336 g/mol. The minimum Gasteiger partial charge on any atom is -0.0683 e. The molecule has 0 heterocycles. The van der Waals surface area contributed by atoms with Crippen LogP contribution in [0.4, 0.5) is 0 Å². The summed E-state index contributed by atoms with van der Waals surface area (Å²) in [4.78, 5) is 0. The Morgan fingerprint density at radius 1 is 0.500 bits per heavy atom. The van der Waals surface area contributed by atoms with E-state index in [-0.39, 0.29) is 0 Å². The van der Waals surface area contributed by atoms with Crippen LogP contribution in [0.25, 0.3) is 32.3 Å². The molecule has 0 aliphatic heterocycles. The van der Waals surface area contributed by atoms with Gasteiger partial charge in [0.05, 0.1) is 0 Å². The van der Waals surface area contributed by atoms with E-state index < -0.39 is 0 Å². The molecule has 0 N–H and O–H groups in total. The first kappa shape index (κ1) is 22.0. The van der Waals surface area contributed by atoms with E-state index in [1.54, 1.807) is 0 Å². The van der Waals surface area contributed by atoms with Crippen LogP contribution in [-0.2, 0) is 0 Å². The van der Waals surface area contributed by atoms with Crippen molar-refractivity contribution in [2.75, 3.05) is 0 Å². The summed E-state index contributed by atoms with van der Waals surface area (Å²) in [6.45, 7) is 10.6. The molecular formula is C28H36. The predicted octanol–water partition coefficient (Wildman–Crippen LogP) is 9.46. The number of aryl methyl sites for hydroxylation is 1. The maximum atomic E-state index is 2.30. The highest BCUT2D eigenvalue weighted by molar-refractivity contribution is 6.25. The second-order valence-electron chi connectivity index (χ2n) is 7.20. The molecule has 0 atom stereocenters. The van der Waals surface area contributed by atoms with E-state index in [4.69, 9.17) is 0 Å². The maximum Gasteiger partial charge on any atom is -0.00963 e. The van der Waals surface area contributed by atoms with Gasteiger partial charge in [0.1, 0.15) is 0 Å². The monoisotopic (exact) mass is 372 g/mol. The van der Waals surface area contributed by atoms with Crippen molar-refractivity contribution in [2.24, 2.45) is 0 Å². The van der Waals surface area contributed by atoms with Crippen LogP contribution in [0.1, 0.15) is 65.4 Å². The third-order valence-electron chi connectivity index (χ3n) is 5.11. The molecule has 0 heteroatoms. The molecule has 0 saturated heterocycles. The Hall–Kier alpha value is -2.34. The van der Waals surface area contributed by atoms with E-state index in [1.165, 1.54) is 70.0 Å². The molecule has 0 aliphatic carbocycles. The van der Waals surface area contributed by atoms with Crippen molar-refractivity contribution in [2.45, 2.75) is 66.7 Å². The molecule has 0 aromatic heterocycles. The van der Waals surface area contributed by atoms with Crippen LogP contribution in [0.15, 0.2) is 66.7 Å². The summed E-state index contributed by atoms with van der Waals surface area (Å²) in [5.41, 5.74) is 1.31. The van der Waals surface area contributed by atoms with Crippen molar-refractivity contribution < 1.29 is 0 Å². The molecule has 0 saturated carbocycles. The predicted molar refractivity (Wildman–Crippen MR) is 129 cm³/mol. The van der Waals surface area contributed by atoms with Gasteiger partial charge in [0.25, 0.3) is 0 Å². The smallest absolute Gasteiger partial charge is 0.00963 e. The molecule has 4 aromatic carbocycles. The normalized spacial score (nSPS) is 10.3. The zero-order valence-corrected chi connectivity index (χ0v) is 18.4. The van der Waals surface area contributed by atoms with Gasteiger partial charge in [-0.3, -0.25) is 0 Å². The first-order valence-corrected chi connectivity index (χ1v) is 11.1. The molecule has 0 radical (unpaired) electrons. The van der Waals surface area contributed by atoms with Crippen molar-refractivity contribution in [3.05, 3.63) is 72.3 Å². The fourth-order valence-corrected chi connectivity index (χ4v) is 3.70. The largest absolute Gasteiger partial charge is 0.0683 e. The SMILES string of the molecule is CC.CCCCCCC.Cc1ccc2c3ccccc3c3ccccc3c2c1. The van der Waals surface area contributed by atoms with Gasteiger partial charge < -0.3 is 0 Å². The lowest BCUT2D eigenvalue weighted by atomic mass is 9.93. The molecule has 148 valence electrons. The van der Waals surface area contributed by atoms with E-state index in [0.29, 0.717) is 0 Å². The Balaban J connectivity index is 0.000000268. The summed E-state index contributed by atoms with van der Waals surface area (Å²) in [6.07, 6.45) is 7.01. The summed E-state index contributed by atoms with van der Waals surface area (Å²) in [5, 5.41) is 8.08. The third kappa shape index (κ3) is 5.13. The van der Waals surface area contributed by atoms with Gasteiger partial charge in [-0.05, 0) is 39.2 Å². The highest BCUT2D eigenvalue weighted by Crippen LogP contribution is 2.34. The van der Waals surface area contributed by atoms with Crippen LogP contribution < -0.4 is 0 Å². The fourth-order valence-electron chi connectivity index (χ4n) is 3.70. The van der Waals surface area contributed by atoms with E-state index in [0.717, 1.165) is 0 Å². The molecule has 4 rings (SSSR count). The molecule has 0 spiro atoms. The Labute approximate surface area is 171 Å². The molecule has 4 aromatic rings. The number of hydrogen-bond acceptors (Lipinski definition) is 0.